The van der Waals surface area contributed by atoms with Gasteiger partial charge in [0.2, 0.25) is 0 Å². The molecule has 0 bridgehead atoms. The van der Waals surface area contributed by atoms with E-state index in [0.717, 1.165) is 5.56 Å². The van der Waals surface area contributed by atoms with Gasteiger partial charge in [-0.1, -0.05) is 56.9 Å². The SMILES string of the molecule is C=Cc1ccc(C(C)[Si](C)(C)Cl)cc1. The first kappa shape index (κ1) is 11.5. The molecule has 1 unspecified atom stereocenters. The molecule has 76 valence electrons. The quantitative estimate of drug-likeness (QED) is 0.527. The fourth-order valence-electron chi connectivity index (χ4n) is 1.32. The molecule has 0 fully saturated rings. The number of benzene rings is 1. The van der Waals surface area contributed by atoms with Gasteiger partial charge in [-0.3, -0.25) is 0 Å². The van der Waals surface area contributed by atoms with Gasteiger partial charge in [0.25, 0.3) is 0 Å². The second-order valence-electron chi connectivity index (χ2n) is 4.16. The highest BCUT2D eigenvalue weighted by Crippen LogP contribution is 2.29. The summed E-state index contributed by atoms with van der Waals surface area (Å²) in [6.45, 7) is 10.3. The van der Waals surface area contributed by atoms with Crippen LogP contribution in [0.15, 0.2) is 30.8 Å². The normalized spacial score (nSPS) is 13.7. The molecule has 0 spiro atoms. The summed E-state index contributed by atoms with van der Waals surface area (Å²) in [6.07, 6.45) is 1.86. The van der Waals surface area contributed by atoms with Crippen LogP contribution in [0.4, 0.5) is 0 Å². The van der Waals surface area contributed by atoms with Gasteiger partial charge in [-0.2, -0.15) is 11.1 Å². The van der Waals surface area contributed by atoms with Crippen LogP contribution >= 0.6 is 11.1 Å². The van der Waals surface area contributed by atoms with Crippen molar-refractivity contribution in [1.29, 1.82) is 0 Å². The van der Waals surface area contributed by atoms with Crippen LogP contribution in [0.3, 0.4) is 0 Å². The van der Waals surface area contributed by atoms with E-state index in [9.17, 15) is 0 Å². The van der Waals surface area contributed by atoms with Gasteiger partial charge in [0.15, 0.2) is 7.38 Å². The van der Waals surface area contributed by atoms with Crippen LogP contribution in [0.2, 0.25) is 13.1 Å². The van der Waals surface area contributed by atoms with Crippen molar-refractivity contribution in [3.63, 3.8) is 0 Å². The van der Waals surface area contributed by atoms with Gasteiger partial charge in [0, 0.05) is 0 Å². The molecule has 0 saturated heterocycles. The summed E-state index contributed by atoms with van der Waals surface area (Å²) in [6, 6.07) is 8.49. The average molecular weight is 225 g/mol. The molecule has 14 heavy (non-hydrogen) atoms. The molecule has 1 aromatic rings. The molecule has 1 aromatic carbocycles. The van der Waals surface area contributed by atoms with Crippen LogP contribution in [0, 0.1) is 0 Å². The Morgan fingerprint density at radius 3 is 2.14 bits per heavy atom. The first-order valence-corrected chi connectivity index (χ1v) is 8.95. The summed E-state index contributed by atoms with van der Waals surface area (Å²) < 4.78 is 0. The average Bonchev–Trinajstić information content (AvgIpc) is 2.15. The monoisotopic (exact) mass is 224 g/mol. The van der Waals surface area contributed by atoms with Crippen molar-refractivity contribution in [3.05, 3.63) is 42.0 Å². The lowest BCUT2D eigenvalue weighted by molar-refractivity contribution is 1.04. The smallest absolute Gasteiger partial charge is 0.157 e. The Morgan fingerprint density at radius 1 is 1.29 bits per heavy atom. The lowest BCUT2D eigenvalue weighted by Crippen LogP contribution is -2.25. The van der Waals surface area contributed by atoms with Crippen molar-refractivity contribution in [2.75, 3.05) is 0 Å². The molecular formula is C12H17ClSi. The van der Waals surface area contributed by atoms with Gasteiger partial charge in [0.05, 0.1) is 0 Å². The predicted octanol–water partition coefficient (Wildman–Crippen LogP) is 4.42. The van der Waals surface area contributed by atoms with Gasteiger partial charge in [-0.15, -0.1) is 0 Å². The van der Waals surface area contributed by atoms with Crippen LogP contribution in [0.25, 0.3) is 6.08 Å². The second-order valence-corrected chi connectivity index (χ2v) is 11.1. The molecule has 0 aliphatic heterocycles. The minimum Gasteiger partial charge on any atom is -0.167 e. The zero-order chi connectivity index (χ0) is 10.8. The zero-order valence-electron chi connectivity index (χ0n) is 9.05. The number of hydrogen-bond donors (Lipinski definition) is 0. The highest BCUT2D eigenvalue weighted by Gasteiger charge is 2.26. The van der Waals surface area contributed by atoms with Gasteiger partial charge >= 0.3 is 0 Å². The maximum atomic E-state index is 6.41. The third-order valence-corrected chi connectivity index (χ3v) is 6.08. The first-order valence-electron chi connectivity index (χ1n) is 4.86. The minimum atomic E-state index is -1.58. The van der Waals surface area contributed by atoms with Crippen molar-refractivity contribution < 1.29 is 0 Å². The van der Waals surface area contributed by atoms with E-state index in [1.54, 1.807) is 0 Å². The second kappa shape index (κ2) is 4.33. The Kier molecular flexibility index (Phi) is 3.57. The standard InChI is InChI=1S/C12H17ClSi/c1-5-11-6-8-12(9-7-11)10(2)14(3,4)13/h5-10H,1H2,2-4H3. The third-order valence-electron chi connectivity index (χ3n) is 2.70. The van der Waals surface area contributed by atoms with Crippen molar-refractivity contribution in [2.45, 2.75) is 25.6 Å². The van der Waals surface area contributed by atoms with E-state index in [-0.39, 0.29) is 0 Å². The summed E-state index contributed by atoms with van der Waals surface area (Å²) in [7, 11) is -1.58. The van der Waals surface area contributed by atoms with Crippen LogP contribution < -0.4 is 0 Å². The predicted molar refractivity (Wildman–Crippen MR) is 68.3 cm³/mol. The summed E-state index contributed by atoms with van der Waals surface area (Å²) >= 11 is 6.41. The lowest BCUT2D eigenvalue weighted by Gasteiger charge is -2.22. The van der Waals surface area contributed by atoms with Crippen LogP contribution in [-0.2, 0) is 0 Å². The van der Waals surface area contributed by atoms with E-state index in [1.165, 1.54) is 5.56 Å². The van der Waals surface area contributed by atoms with Gasteiger partial charge in [-0.25, -0.2) is 0 Å². The summed E-state index contributed by atoms with van der Waals surface area (Å²) in [5.41, 5.74) is 2.99. The lowest BCUT2D eigenvalue weighted by atomic mass is 10.1. The van der Waals surface area contributed by atoms with Crippen molar-refractivity contribution in [3.8, 4) is 0 Å². The summed E-state index contributed by atoms with van der Waals surface area (Å²) in [5, 5.41) is 0. The zero-order valence-corrected chi connectivity index (χ0v) is 10.8. The van der Waals surface area contributed by atoms with Crippen LogP contribution in [-0.4, -0.2) is 7.38 Å². The third kappa shape index (κ3) is 2.73. The van der Waals surface area contributed by atoms with E-state index in [0.29, 0.717) is 5.54 Å². The molecule has 0 aromatic heterocycles. The van der Waals surface area contributed by atoms with Crippen molar-refractivity contribution in [2.24, 2.45) is 0 Å². The largest absolute Gasteiger partial charge is 0.167 e. The summed E-state index contributed by atoms with van der Waals surface area (Å²) in [5.74, 6) is 0. The molecular weight excluding hydrogens is 208 g/mol. The number of rotatable bonds is 3. The highest BCUT2D eigenvalue weighted by molar-refractivity contribution is 7.19. The molecule has 0 saturated carbocycles. The highest BCUT2D eigenvalue weighted by atomic mass is 35.6. The molecule has 0 N–H and O–H groups in total. The molecule has 0 aliphatic carbocycles. The minimum absolute atomic E-state index is 0.489. The Labute approximate surface area is 92.3 Å². The molecule has 1 rings (SSSR count). The van der Waals surface area contributed by atoms with E-state index >= 15 is 0 Å². The molecule has 1 atom stereocenters. The van der Waals surface area contributed by atoms with Crippen LogP contribution in [0.5, 0.6) is 0 Å². The maximum Gasteiger partial charge on any atom is 0.157 e. The Balaban J connectivity index is 2.92. The molecule has 0 heterocycles. The van der Waals surface area contributed by atoms with Gasteiger partial charge in [0.1, 0.15) is 0 Å². The molecule has 2 heteroatoms. The topological polar surface area (TPSA) is 0 Å². The summed E-state index contributed by atoms with van der Waals surface area (Å²) in [4.78, 5) is 0. The van der Waals surface area contributed by atoms with E-state index < -0.39 is 7.38 Å². The fraction of sp³-hybridized carbons (Fsp3) is 0.333. The maximum absolute atomic E-state index is 6.41. The molecule has 0 nitrogen and oxygen atoms in total. The van der Waals surface area contributed by atoms with Crippen molar-refractivity contribution in [1.82, 2.24) is 0 Å². The van der Waals surface area contributed by atoms with E-state index in [2.05, 4.69) is 50.9 Å². The van der Waals surface area contributed by atoms with E-state index in [1.807, 2.05) is 6.08 Å². The number of halogens is 1. The molecule has 0 radical (unpaired) electrons. The van der Waals surface area contributed by atoms with Crippen molar-refractivity contribution >= 4 is 24.5 Å². The fourth-order valence-corrected chi connectivity index (χ4v) is 2.68. The Morgan fingerprint density at radius 2 is 1.79 bits per heavy atom. The van der Waals surface area contributed by atoms with Gasteiger partial charge in [-0.05, 0) is 16.7 Å². The molecule has 0 amide bonds. The van der Waals surface area contributed by atoms with Gasteiger partial charge < -0.3 is 0 Å². The van der Waals surface area contributed by atoms with E-state index in [4.69, 9.17) is 11.1 Å². The van der Waals surface area contributed by atoms with Crippen LogP contribution in [0.1, 0.15) is 23.6 Å². The number of hydrogen-bond acceptors (Lipinski definition) is 0. The first-order chi connectivity index (χ1) is 6.45. The molecule has 0 aliphatic rings. The Hall–Kier alpha value is -0.533. The Bertz CT molecular complexity index is 308.